The van der Waals surface area contributed by atoms with Crippen LogP contribution in [0.25, 0.3) is 0 Å². The van der Waals surface area contributed by atoms with Crippen LogP contribution in [0.5, 0.6) is 0 Å². The molecule has 7 nitrogen and oxygen atoms in total. The Hall–Kier alpha value is -3.48. The van der Waals surface area contributed by atoms with Gasteiger partial charge in [0, 0.05) is 20.6 Å². The lowest BCUT2D eigenvalue weighted by Crippen LogP contribution is -2.16. The van der Waals surface area contributed by atoms with E-state index < -0.39 is 0 Å². The molecule has 0 aliphatic rings. The Bertz CT molecular complexity index is 975. The summed E-state index contributed by atoms with van der Waals surface area (Å²) in [5, 5.41) is 7.53. The molecule has 1 heterocycles. The molecule has 0 radical (unpaired) electrons. The molecule has 3 aromatic rings. The second-order valence-corrected chi connectivity index (χ2v) is 8.26. The van der Waals surface area contributed by atoms with Crippen LogP contribution in [0, 0.1) is 0 Å². The van der Waals surface area contributed by atoms with Gasteiger partial charge in [0.1, 0.15) is 0 Å². The number of aromatic nitrogens is 3. The molecule has 0 bridgehead atoms. The molecule has 7 heteroatoms. The van der Waals surface area contributed by atoms with E-state index in [1.54, 1.807) is 6.21 Å². The lowest BCUT2D eigenvalue weighted by atomic mass is 9.87. The second kappa shape index (κ2) is 9.35. The lowest BCUT2D eigenvalue weighted by Gasteiger charge is -2.18. The predicted octanol–water partition coefficient (Wildman–Crippen LogP) is 4.29. The van der Waals surface area contributed by atoms with Crippen LogP contribution in [-0.2, 0) is 12.0 Å². The van der Waals surface area contributed by atoms with Gasteiger partial charge in [0.15, 0.2) is 0 Å². The van der Waals surface area contributed by atoms with E-state index in [2.05, 4.69) is 88.0 Å². The highest BCUT2D eigenvalue weighted by Crippen LogP contribution is 2.21. The van der Waals surface area contributed by atoms with Crippen molar-refractivity contribution in [2.75, 3.05) is 29.7 Å². The quantitative estimate of drug-likeness (QED) is 0.452. The van der Waals surface area contributed by atoms with Crippen LogP contribution in [0.4, 0.5) is 17.8 Å². The fourth-order valence-electron chi connectivity index (χ4n) is 2.70. The summed E-state index contributed by atoms with van der Waals surface area (Å²) in [6, 6.07) is 18.5. The largest absolute Gasteiger partial charge is 0.350 e. The summed E-state index contributed by atoms with van der Waals surface area (Å²) >= 11 is 0. The summed E-state index contributed by atoms with van der Waals surface area (Å²) < 4.78 is 0. The molecule has 0 unspecified atom stereocenters. The summed E-state index contributed by atoms with van der Waals surface area (Å²) in [6.07, 6.45) is 1.75. The molecular weight excluding hydrogens is 374 g/mol. The monoisotopic (exact) mass is 403 g/mol. The van der Waals surface area contributed by atoms with Crippen LogP contribution in [0.15, 0.2) is 59.7 Å². The van der Waals surface area contributed by atoms with Crippen molar-refractivity contribution in [2.24, 2.45) is 5.10 Å². The Morgan fingerprint density at radius 3 is 2.20 bits per heavy atom. The van der Waals surface area contributed by atoms with Crippen LogP contribution in [0.3, 0.4) is 0 Å². The summed E-state index contributed by atoms with van der Waals surface area (Å²) in [4.78, 5) is 15.1. The Labute approximate surface area is 178 Å². The first-order valence-electron chi connectivity index (χ1n) is 9.92. The molecule has 0 saturated carbocycles. The minimum Gasteiger partial charge on any atom is -0.350 e. The standard InChI is InChI=1S/C23H29N7/c1-23(2,3)19-13-11-18(12-14-19)16-25-29-21-26-20(27-22(28-21)30(4)5)24-15-17-9-7-6-8-10-17/h6-14,16H,15H2,1-5H3,(H2,24,26,27,28,29). The van der Waals surface area contributed by atoms with Crippen LogP contribution >= 0.6 is 0 Å². The van der Waals surface area contributed by atoms with Crippen LogP contribution in [-0.4, -0.2) is 35.3 Å². The van der Waals surface area contributed by atoms with Gasteiger partial charge in [0.05, 0.1) is 6.21 Å². The van der Waals surface area contributed by atoms with Gasteiger partial charge < -0.3 is 10.2 Å². The first-order chi connectivity index (χ1) is 14.3. The molecule has 0 fully saturated rings. The second-order valence-electron chi connectivity index (χ2n) is 8.26. The van der Waals surface area contributed by atoms with Gasteiger partial charge in [-0.15, -0.1) is 0 Å². The Balaban J connectivity index is 1.70. The van der Waals surface area contributed by atoms with Crippen molar-refractivity contribution in [3.63, 3.8) is 0 Å². The Kier molecular flexibility index (Phi) is 6.61. The van der Waals surface area contributed by atoms with E-state index in [4.69, 9.17) is 0 Å². The number of rotatable bonds is 7. The number of nitrogens with zero attached hydrogens (tertiary/aromatic N) is 5. The van der Waals surface area contributed by atoms with Gasteiger partial charge in [-0.05, 0) is 22.1 Å². The zero-order valence-electron chi connectivity index (χ0n) is 18.2. The first-order valence-corrected chi connectivity index (χ1v) is 9.92. The number of hydrogen-bond donors (Lipinski definition) is 2. The van der Waals surface area contributed by atoms with Crippen molar-refractivity contribution >= 4 is 24.1 Å². The maximum absolute atomic E-state index is 4.45. The number of nitrogens with one attached hydrogen (secondary N) is 2. The van der Waals surface area contributed by atoms with Crippen molar-refractivity contribution in [2.45, 2.75) is 32.7 Å². The number of hydrogen-bond acceptors (Lipinski definition) is 7. The normalized spacial score (nSPS) is 11.5. The number of hydrazone groups is 1. The van der Waals surface area contributed by atoms with E-state index in [1.165, 1.54) is 5.56 Å². The molecule has 3 rings (SSSR count). The molecule has 0 saturated heterocycles. The maximum atomic E-state index is 4.45. The van der Waals surface area contributed by atoms with Gasteiger partial charge in [-0.2, -0.15) is 20.1 Å². The van der Waals surface area contributed by atoms with Gasteiger partial charge in [-0.3, -0.25) is 0 Å². The fraction of sp³-hybridized carbons (Fsp3) is 0.304. The lowest BCUT2D eigenvalue weighted by molar-refractivity contribution is 0.590. The summed E-state index contributed by atoms with van der Waals surface area (Å²) in [5.41, 5.74) is 6.48. The Morgan fingerprint density at radius 2 is 1.57 bits per heavy atom. The molecule has 30 heavy (non-hydrogen) atoms. The molecule has 0 aliphatic carbocycles. The first kappa shape index (κ1) is 21.2. The third-order valence-electron chi connectivity index (χ3n) is 4.47. The van der Waals surface area contributed by atoms with E-state index >= 15 is 0 Å². The van der Waals surface area contributed by atoms with E-state index in [0.29, 0.717) is 24.4 Å². The van der Waals surface area contributed by atoms with Gasteiger partial charge in [0.2, 0.25) is 17.8 Å². The van der Waals surface area contributed by atoms with Crippen LogP contribution in [0.1, 0.15) is 37.5 Å². The topological polar surface area (TPSA) is 78.3 Å². The van der Waals surface area contributed by atoms with Crippen molar-refractivity contribution in [1.29, 1.82) is 0 Å². The van der Waals surface area contributed by atoms with Gasteiger partial charge in [-0.1, -0.05) is 75.4 Å². The average molecular weight is 404 g/mol. The molecule has 156 valence electrons. The molecule has 2 aromatic carbocycles. The fourth-order valence-corrected chi connectivity index (χ4v) is 2.70. The Morgan fingerprint density at radius 1 is 0.900 bits per heavy atom. The van der Waals surface area contributed by atoms with E-state index in [-0.39, 0.29) is 5.41 Å². The number of benzene rings is 2. The molecule has 0 aliphatic heterocycles. The molecule has 0 spiro atoms. The zero-order valence-corrected chi connectivity index (χ0v) is 18.2. The minimum atomic E-state index is 0.129. The predicted molar refractivity (Wildman–Crippen MR) is 124 cm³/mol. The number of anilines is 3. The molecule has 2 N–H and O–H groups in total. The average Bonchev–Trinajstić information content (AvgIpc) is 2.72. The molecule has 0 amide bonds. The van der Waals surface area contributed by atoms with Crippen molar-refractivity contribution in [3.05, 3.63) is 71.3 Å². The van der Waals surface area contributed by atoms with E-state index in [9.17, 15) is 0 Å². The van der Waals surface area contributed by atoms with E-state index in [0.717, 1.165) is 11.1 Å². The van der Waals surface area contributed by atoms with Crippen LogP contribution < -0.4 is 15.6 Å². The molecular formula is C23H29N7. The van der Waals surface area contributed by atoms with E-state index in [1.807, 2.05) is 37.2 Å². The van der Waals surface area contributed by atoms with Crippen molar-refractivity contribution in [1.82, 2.24) is 15.0 Å². The molecule has 1 aromatic heterocycles. The SMILES string of the molecule is CN(C)c1nc(NCc2ccccc2)nc(NN=Cc2ccc(C(C)(C)C)cc2)n1. The zero-order chi connectivity index (χ0) is 21.6. The minimum absolute atomic E-state index is 0.129. The third-order valence-corrected chi connectivity index (χ3v) is 4.47. The van der Waals surface area contributed by atoms with Gasteiger partial charge >= 0.3 is 0 Å². The smallest absolute Gasteiger partial charge is 0.250 e. The summed E-state index contributed by atoms with van der Waals surface area (Å²) in [6.45, 7) is 7.22. The van der Waals surface area contributed by atoms with Gasteiger partial charge in [-0.25, -0.2) is 5.43 Å². The third kappa shape index (κ3) is 6.01. The highest BCUT2D eigenvalue weighted by molar-refractivity contribution is 5.80. The summed E-state index contributed by atoms with van der Waals surface area (Å²) in [5.74, 6) is 1.42. The van der Waals surface area contributed by atoms with Crippen molar-refractivity contribution in [3.8, 4) is 0 Å². The summed E-state index contributed by atoms with van der Waals surface area (Å²) in [7, 11) is 3.78. The van der Waals surface area contributed by atoms with Crippen molar-refractivity contribution < 1.29 is 0 Å². The van der Waals surface area contributed by atoms with Gasteiger partial charge in [0.25, 0.3) is 0 Å². The highest BCUT2D eigenvalue weighted by atomic mass is 15.4. The molecule has 0 atom stereocenters. The highest BCUT2D eigenvalue weighted by Gasteiger charge is 2.12. The van der Waals surface area contributed by atoms with Crippen LogP contribution in [0.2, 0.25) is 0 Å². The maximum Gasteiger partial charge on any atom is 0.250 e.